The Kier molecular flexibility index (Phi) is 4.58. The average molecular weight is 206 g/mol. The van der Waals surface area contributed by atoms with Crippen molar-refractivity contribution >= 4 is 0 Å². The highest BCUT2D eigenvalue weighted by Gasteiger charge is 2.28. The van der Waals surface area contributed by atoms with Crippen molar-refractivity contribution in [2.45, 2.75) is 48.0 Å². The third-order valence-corrected chi connectivity index (χ3v) is 2.64. The molecule has 0 atom stereocenters. The molecule has 0 aromatic rings. The van der Waals surface area contributed by atoms with Gasteiger partial charge in [0.05, 0.1) is 0 Å². The summed E-state index contributed by atoms with van der Waals surface area (Å²) in [7, 11) is 0. The molecule has 0 aliphatic carbocycles. The van der Waals surface area contributed by atoms with E-state index in [-0.39, 0.29) is 5.41 Å². The Morgan fingerprint density at radius 1 is 1.00 bits per heavy atom. The monoisotopic (exact) mass is 206 g/mol. The van der Waals surface area contributed by atoms with E-state index in [4.69, 9.17) is 0 Å². The van der Waals surface area contributed by atoms with Gasteiger partial charge in [-0.1, -0.05) is 59.9 Å². The summed E-state index contributed by atoms with van der Waals surface area (Å²) in [6.45, 7) is 21.2. The van der Waals surface area contributed by atoms with Crippen molar-refractivity contribution in [3.05, 3.63) is 36.5 Å². The second-order valence-corrected chi connectivity index (χ2v) is 6.13. The average Bonchev–Trinajstić information content (AvgIpc) is 1.99. The van der Waals surface area contributed by atoms with Gasteiger partial charge in [0.1, 0.15) is 0 Å². The topological polar surface area (TPSA) is 0 Å². The molecule has 0 unspecified atom stereocenters. The molecule has 0 N–H and O–H groups in total. The fourth-order valence-corrected chi connectivity index (χ4v) is 2.50. The summed E-state index contributed by atoms with van der Waals surface area (Å²) in [5.41, 5.74) is 3.05. The van der Waals surface area contributed by atoms with Gasteiger partial charge in [-0.3, -0.25) is 0 Å². The minimum Gasteiger partial charge on any atom is -0.0988 e. The first-order valence-corrected chi connectivity index (χ1v) is 5.60. The Morgan fingerprint density at radius 2 is 1.47 bits per heavy atom. The maximum Gasteiger partial charge on any atom is -0.00962 e. The van der Waals surface area contributed by atoms with Crippen molar-refractivity contribution < 1.29 is 0 Å². The molecule has 15 heavy (non-hydrogen) atoms. The zero-order valence-electron chi connectivity index (χ0n) is 11.3. The number of hydrogen-bond donors (Lipinski definition) is 0. The molecule has 0 radical (unpaired) electrons. The Labute approximate surface area is 95.8 Å². The van der Waals surface area contributed by atoms with Gasteiger partial charge in [-0.2, -0.15) is 0 Å². The van der Waals surface area contributed by atoms with Gasteiger partial charge in [0.2, 0.25) is 0 Å². The summed E-state index contributed by atoms with van der Waals surface area (Å²) in [6.07, 6.45) is 5.04. The molecule has 0 aliphatic heterocycles. The van der Waals surface area contributed by atoms with Crippen molar-refractivity contribution in [2.24, 2.45) is 10.8 Å². The first kappa shape index (κ1) is 14.2. The molecule has 0 spiro atoms. The summed E-state index contributed by atoms with van der Waals surface area (Å²) >= 11 is 0. The Morgan fingerprint density at radius 3 is 1.73 bits per heavy atom. The van der Waals surface area contributed by atoms with Crippen LogP contribution in [0, 0.1) is 10.8 Å². The Hall–Kier alpha value is -0.780. The molecule has 0 heteroatoms. The van der Waals surface area contributed by atoms with Crippen LogP contribution in [0.4, 0.5) is 0 Å². The van der Waals surface area contributed by atoms with Crippen molar-refractivity contribution in [3.63, 3.8) is 0 Å². The first-order chi connectivity index (χ1) is 6.64. The molecule has 0 saturated heterocycles. The molecule has 0 bridgehead atoms. The van der Waals surface area contributed by atoms with Gasteiger partial charge in [-0.15, -0.1) is 0 Å². The summed E-state index contributed by atoms with van der Waals surface area (Å²) in [6, 6.07) is 0. The minimum atomic E-state index is 0.165. The van der Waals surface area contributed by atoms with E-state index in [0.29, 0.717) is 5.41 Å². The number of hydrogen-bond acceptors (Lipinski definition) is 0. The van der Waals surface area contributed by atoms with Crippen LogP contribution in [0.2, 0.25) is 0 Å². The second kappa shape index (κ2) is 4.83. The highest BCUT2D eigenvalue weighted by molar-refractivity contribution is 5.34. The maximum absolute atomic E-state index is 3.92. The largest absolute Gasteiger partial charge is 0.0988 e. The quantitative estimate of drug-likeness (QED) is 0.559. The van der Waals surface area contributed by atoms with Gasteiger partial charge in [-0.25, -0.2) is 0 Å². The smallest absolute Gasteiger partial charge is 0.00962 e. The molecule has 86 valence electrons. The van der Waals surface area contributed by atoms with Crippen LogP contribution >= 0.6 is 0 Å². The fraction of sp³-hybridized carbons (Fsp3) is 0.600. The lowest BCUT2D eigenvalue weighted by atomic mass is 9.71. The van der Waals surface area contributed by atoms with Crippen molar-refractivity contribution in [1.82, 2.24) is 0 Å². The summed E-state index contributed by atoms with van der Waals surface area (Å²) < 4.78 is 0. The van der Waals surface area contributed by atoms with Crippen molar-refractivity contribution in [2.75, 3.05) is 0 Å². The van der Waals surface area contributed by atoms with Gasteiger partial charge in [0, 0.05) is 0 Å². The van der Waals surface area contributed by atoms with E-state index in [2.05, 4.69) is 54.7 Å². The fourth-order valence-electron chi connectivity index (χ4n) is 2.50. The van der Waals surface area contributed by atoms with Gasteiger partial charge in [-0.05, 0) is 35.3 Å². The van der Waals surface area contributed by atoms with Crippen LogP contribution in [0.5, 0.6) is 0 Å². The van der Waals surface area contributed by atoms with Gasteiger partial charge >= 0.3 is 0 Å². The third-order valence-electron chi connectivity index (χ3n) is 2.64. The summed E-state index contributed by atoms with van der Waals surface area (Å²) in [5, 5.41) is 0. The Bertz CT molecular complexity index is 269. The minimum absolute atomic E-state index is 0.165. The lowest BCUT2D eigenvalue weighted by Crippen LogP contribution is -2.22. The molecule has 0 heterocycles. The summed E-state index contributed by atoms with van der Waals surface area (Å²) in [5.74, 6) is 0. The molecule has 0 aliphatic rings. The zero-order valence-corrected chi connectivity index (χ0v) is 11.3. The Balaban J connectivity index is 5.16. The van der Waals surface area contributed by atoms with Crippen LogP contribution in [0.15, 0.2) is 36.5 Å². The predicted molar refractivity (Wildman–Crippen MR) is 70.9 cm³/mol. The third kappa shape index (κ3) is 4.51. The SMILES string of the molecule is C=C/C(C)=C(\C=C)C(C)(C)CC(C)(C)C. The number of allylic oxidation sites excluding steroid dienone is 4. The highest BCUT2D eigenvalue weighted by atomic mass is 14.3. The van der Waals surface area contributed by atoms with Crippen LogP contribution in [0.1, 0.15) is 48.0 Å². The van der Waals surface area contributed by atoms with Gasteiger partial charge in [0.25, 0.3) is 0 Å². The van der Waals surface area contributed by atoms with E-state index in [1.54, 1.807) is 0 Å². The molecule has 0 aromatic carbocycles. The molecular weight excluding hydrogens is 180 g/mol. The molecule has 0 rings (SSSR count). The maximum atomic E-state index is 3.92. The van der Waals surface area contributed by atoms with Crippen LogP contribution in [0.25, 0.3) is 0 Å². The zero-order chi connectivity index (χ0) is 12.3. The lowest BCUT2D eigenvalue weighted by Gasteiger charge is -2.34. The van der Waals surface area contributed by atoms with Crippen LogP contribution in [-0.4, -0.2) is 0 Å². The van der Waals surface area contributed by atoms with E-state index in [1.807, 2.05) is 12.2 Å². The van der Waals surface area contributed by atoms with E-state index >= 15 is 0 Å². The standard InChI is InChI=1S/C15H26/c1-9-12(3)13(10-2)15(7,8)11-14(4,5)6/h9-10H,1-2,11H2,3-8H3/b13-12+. The highest BCUT2D eigenvalue weighted by Crippen LogP contribution is 2.40. The van der Waals surface area contributed by atoms with Crippen LogP contribution in [0.3, 0.4) is 0 Å². The van der Waals surface area contributed by atoms with Gasteiger partial charge < -0.3 is 0 Å². The molecule has 0 nitrogen and oxygen atoms in total. The molecule has 0 amide bonds. The molecule has 0 saturated carbocycles. The summed E-state index contributed by atoms with van der Waals surface area (Å²) in [4.78, 5) is 0. The van der Waals surface area contributed by atoms with E-state index in [0.717, 1.165) is 6.42 Å². The van der Waals surface area contributed by atoms with E-state index in [1.165, 1.54) is 11.1 Å². The van der Waals surface area contributed by atoms with Gasteiger partial charge in [0.15, 0.2) is 0 Å². The van der Waals surface area contributed by atoms with E-state index in [9.17, 15) is 0 Å². The van der Waals surface area contributed by atoms with Crippen molar-refractivity contribution in [3.8, 4) is 0 Å². The predicted octanol–water partition coefficient (Wildman–Crippen LogP) is 5.14. The molecule has 0 aromatic heterocycles. The first-order valence-electron chi connectivity index (χ1n) is 5.60. The molecular formula is C15H26. The number of rotatable bonds is 4. The normalized spacial score (nSPS) is 14.5. The molecule has 0 fully saturated rings. The second-order valence-electron chi connectivity index (χ2n) is 6.13. The van der Waals surface area contributed by atoms with E-state index < -0.39 is 0 Å². The lowest BCUT2D eigenvalue weighted by molar-refractivity contribution is 0.252. The van der Waals surface area contributed by atoms with Crippen LogP contribution < -0.4 is 0 Å². The van der Waals surface area contributed by atoms with Crippen molar-refractivity contribution in [1.29, 1.82) is 0 Å². The van der Waals surface area contributed by atoms with Crippen LogP contribution in [-0.2, 0) is 0 Å².